The predicted molar refractivity (Wildman–Crippen MR) is 111 cm³/mol. The number of hydrogen-bond acceptors (Lipinski definition) is 3. The van der Waals surface area contributed by atoms with Gasteiger partial charge in [0.05, 0.1) is 10.5 Å². The maximum absolute atomic E-state index is 13.5. The topological polar surface area (TPSA) is 75.3 Å². The van der Waals surface area contributed by atoms with E-state index in [0.717, 1.165) is 6.07 Å². The van der Waals surface area contributed by atoms with E-state index >= 15 is 0 Å². The molecule has 0 saturated carbocycles. The summed E-state index contributed by atoms with van der Waals surface area (Å²) in [5.74, 6) is -2.38. The van der Waals surface area contributed by atoms with E-state index in [2.05, 4.69) is 10.0 Å². The zero-order valence-electron chi connectivity index (χ0n) is 16.4. The van der Waals surface area contributed by atoms with Gasteiger partial charge in [-0.25, -0.2) is 12.8 Å². The Kier molecular flexibility index (Phi) is 6.95. The fourth-order valence-electron chi connectivity index (χ4n) is 2.94. The minimum absolute atomic E-state index is 0.0634. The molecule has 0 aliphatic rings. The smallest absolute Gasteiger partial charge is 0.325 e. The van der Waals surface area contributed by atoms with Gasteiger partial charge in [0.25, 0.3) is 0 Å². The molecule has 168 valence electrons. The summed E-state index contributed by atoms with van der Waals surface area (Å²) in [7, 11) is -4.11. The third-order valence-electron chi connectivity index (χ3n) is 4.49. The molecule has 0 fully saturated rings. The molecule has 3 aromatic carbocycles. The summed E-state index contributed by atoms with van der Waals surface area (Å²) in [6.07, 6.45) is -5.02. The maximum atomic E-state index is 13.5. The first-order valence-electron chi connectivity index (χ1n) is 9.35. The number of nitrogens with one attached hydrogen (secondary N) is 2. The number of amides is 1. The Morgan fingerprint density at radius 2 is 1.50 bits per heavy atom. The number of halogens is 4. The van der Waals surface area contributed by atoms with Crippen molar-refractivity contribution in [3.8, 4) is 0 Å². The number of benzene rings is 3. The Labute approximate surface area is 182 Å². The molecule has 0 aliphatic heterocycles. The second-order valence-electron chi connectivity index (χ2n) is 6.86. The second kappa shape index (κ2) is 9.49. The Bertz CT molecular complexity index is 1180. The third-order valence-corrected chi connectivity index (χ3v) is 5.98. The standard InChI is InChI=1S/C22H18F4N2O3S/c23-19-12-11-16(14-18(19)22(24,25)26)27-21(29)20(13-15-7-3-1-4-8-15)28-32(30,31)17-9-5-2-6-10-17/h1-12,14,20,28H,13H2,(H,27,29)/t20-/m1/s1. The lowest BCUT2D eigenvalue weighted by atomic mass is 10.1. The fourth-order valence-corrected chi connectivity index (χ4v) is 4.16. The molecular weight excluding hydrogens is 448 g/mol. The van der Waals surface area contributed by atoms with Gasteiger partial charge in [-0.3, -0.25) is 4.79 Å². The van der Waals surface area contributed by atoms with Crippen LogP contribution in [0.3, 0.4) is 0 Å². The van der Waals surface area contributed by atoms with Crippen LogP contribution in [0.15, 0.2) is 83.8 Å². The van der Waals surface area contributed by atoms with Crippen LogP contribution >= 0.6 is 0 Å². The van der Waals surface area contributed by atoms with Crippen molar-refractivity contribution in [2.45, 2.75) is 23.5 Å². The predicted octanol–water partition coefficient (Wildman–Crippen LogP) is 4.37. The maximum Gasteiger partial charge on any atom is 0.419 e. The molecule has 1 amide bonds. The van der Waals surface area contributed by atoms with Crippen molar-refractivity contribution in [2.24, 2.45) is 0 Å². The molecule has 0 spiro atoms. The first-order chi connectivity index (χ1) is 15.1. The number of anilines is 1. The van der Waals surface area contributed by atoms with Gasteiger partial charge in [-0.15, -0.1) is 0 Å². The largest absolute Gasteiger partial charge is 0.419 e. The highest BCUT2D eigenvalue weighted by Crippen LogP contribution is 2.33. The van der Waals surface area contributed by atoms with E-state index in [0.29, 0.717) is 17.7 Å². The van der Waals surface area contributed by atoms with Gasteiger partial charge in [-0.2, -0.15) is 17.9 Å². The lowest BCUT2D eigenvalue weighted by Gasteiger charge is -2.19. The summed E-state index contributed by atoms with van der Waals surface area (Å²) in [5, 5.41) is 2.24. The Morgan fingerprint density at radius 3 is 2.09 bits per heavy atom. The van der Waals surface area contributed by atoms with Gasteiger partial charge in [0.15, 0.2) is 0 Å². The van der Waals surface area contributed by atoms with Crippen molar-refractivity contribution >= 4 is 21.6 Å². The summed E-state index contributed by atoms with van der Waals surface area (Å²) < 4.78 is 80.2. The Hall–Kier alpha value is -3.24. The van der Waals surface area contributed by atoms with Crippen LogP contribution in [-0.4, -0.2) is 20.4 Å². The van der Waals surface area contributed by atoms with Gasteiger partial charge in [0, 0.05) is 5.69 Å². The van der Waals surface area contributed by atoms with E-state index < -0.39 is 39.5 Å². The van der Waals surface area contributed by atoms with Crippen molar-refractivity contribution in [2.75, 3.05) is 5.32 Å². The summed E-state index contributed by atoms with van der Waals surface area (Å²) >= 11 is 0. The molecule has 0 heterocycles. The normalized spacial score (nSPS) is 12.9. The van der Waals surface area contributed by atoms with Gasteiger partial charge in [-0.1, -0.05) is 48.5 Å². The molecule has 0 unspecified atom stereocenters. The average molecular weight is 466 g/mol. The minimum Gasteiger partial charge on any atom is -0.325 e. The summed E-state index contributed by atoms with van der Waals surface area (Å²) in [6.45, 7) is 0. The van der Waals surface area contributed by atoms with E-state index in [1.165, 1.54) is 24.3 Å². The lowest BCUT2D eigenvalue weighted by Crippen LogP contribution is -2.45. The fraction of sp³-hybridized carbons (Fsp3) is 0.136. The molecule has 0 saturated heterocycles. The van der Waals surface area contributed by atoms with Crippen LogP contribution in [0.2, 0.25) is 0 Å². The number of carbonyl (C=O) groups is 1. The molecule has 3 aromatic rings. The van der Waals surface area contributed by atoms with E-state index in [9.17, 15) is 30.8 Å². The molecule has 0 aromatic heterocycles. The highest BCUT2D eigenvalue weighted by Gasteiger charge is 2.34. The van der Waals surface area contributed by atoms with Crippen LogP contribution in [0.1, 0.15) is 11.1 Å². The summed E-state index contributed by atoms with van der Waals surface area (Å²) in [4.78, 5) is 12.8. The van der Waals surface area contributed by atoms with E-state index in [-0.39, 0.29) is 17.0 Å². The first-order valence-corrected chi connectivity index (χ1v) is 10.8. The lowest BCUT2D eigenvalue weighted by molar-refractivity contribution is -0.140. The first kappa shape index (κ1) is 23.4. The van der Waals surface area contributed by atoms with Crippen LogP contribution in [0.4, 0.5) is 23.2 Å². The quantitative estimate of drug-likeness (QED) is 0.508. The van der Waals surface area contributed by atoms with Gasteiger partial charge in [0.1, 0.15) is 11.9 Å². The van der Waals surface area contributed by atoms with Crippen molar-refractivity contribution in [3.63, 3.8) is 0 Å². The van der Waals surface area contributed by atoms with E-state index in [1.54, 1.807) is 36.4 Å². The van der Waals surface area contributed by atoms with Crippen LogP contribution in [0, 0.1) is 5.82 Å². The monoisotopic (exact) mass is 466 g/mol. The Morgan fingerprint density at radius 1 is 0.906 bits per heavy atom. The van der Waals surface area contributed by atoms with E-state index in [4.69, 9.17) is 0 Å². The molecular formula is C22H18F4N2O3S. The molecule has 0 bridgehead atoms. The summed E-state index contributed by atoms with van der Waals surface area (Å²) in [6, 6.07) is 16.5. The van der Waals surface area contributed by atoms with Crippen LogP contribution in [0.5, 0.6) is 0 Å². The molecule has 0 radical (unpaired) electrons. The number of carbonyl (C=O) groups excluding carboxylic acids is 1. The third kappa shape index (κ3) is 5.92. The SMILES string of the molecule is O=C(Nc1ccc(F)c(C(F)(F)F)c1)[C@@H](Cc1ccccc1)NS(=O)(=O)c1ccccc1. The van der Waals surface area contributed by atoms with Crippen LogP contribution in [0.25, 0.3) is 0 Å². The van der Waals surface area contributed by atoms with Crippen molar-refractivity contribution < 1.29 is 30.8 Å². The minimum atomic E-state index is -4.96. The number of sulfonamides is 1. The molecule has 10 heteroatoms. The zero-order valence-corrected chi connectivity index (χ0v) is 17.3. The molecule has 1 atom stereocenters. The number of hydrogen-bond donors (Lipinski definition) is 2. The highest BCUT2D eigenvalue weighted by atomic mass is 32.2. The van der Waals surface area contributed by atoms with Crippen molar-refractivity contribution in [1.29, 1.82) is 0 Å². The number of alkyl halides is 3. The molecule has 32 heavy (non-hydrogen) atoms. The van der Waals surface area contributed by atoms with Crippen LogP contribution < -0.4 is 10.0 Å². The van der Waals surface area contributed by atoms with Gasteiger partial charge in [0.2, 0.25) is 15.9 Å². The second-order valence-corrected chi connectivity index (χ2v) is 8.57. The molecule has 5 nitrogen and oxygen atoms in total. The summed E-state index contributed by atoms with van der Waals surface area (Å²) in [5.41, 5.74) is -1.24. The molecule has 3 rings (SSSR count). The van der Waals surface area contributed by atoms with Gasteiger partial charge < -0.3 is 5.32 Å². The average Bonchev–Trinajstić information content (AvgIpc) is 2.75. The van der Waals surface area contributed by atoms with Gasteiger partial charge in [-0.05, 0) is 42.3 Å². The van der Waals surface area contributed by atoms with Crippen molar-refractivity contribution in [3.05, 3.63) is 95.8 Å². The molecule has 2 N–H and O–H groups in total. The van der Waals surface area contributed by atoms with Crippen LogP contribution in [-0.2, 0) is 27.4 Å². The van der Waals surface area contributed by atoms with E-state index in [1.807, 2.05) is 0 Å². The molecule has 0 aliphatic carbocycles. The number of rotatable bonds is 7. The Balaban J connectivity index is 1.89. The van der Waals surface area contributed by atoms with Gasteiger partial charge >= 0.3 is 6.18 Å². The highest BCUT2D eigenvalue weighted by molar-refractivity contribution is 7.89. The zero-order chi connectivity index (χ0) is 23.4. The van der Waals surface area contributed by atoms with Crippen molar-refractivity contribution in [1.82, 2.24) is 4.72 Å².